The third-order valence-corrected chi connectivity index (χ3v) is 3.30. The van der Waals surface area contributed by atoms with Crippen LogP contribution in [0.2, 0.25) is 0 Å². The average molecular weight is 248 g/mol. The van der Waals surface area contributed by atoms with E-state index in [0.717, 1.165) is 10.6 Å². The molecule has 0 unspecified atom stereocenters. The van der Waals surface area contributed by atoms with Crippen molar-refractivity contribution >= 4 is 11.8 Å². The first kappa shape index (κ1) is 11.7. The van der Waals surface area contributed by atoms with Crippen LogP contribution in [0.5, 0.6) is 17.2 Å². The molecule has 0 aliphatic heterocycles. The maximum atomic E-state index is 9.65. The summed E-state index contributed by atoms with van der Waals surface area (Å²) in [5.74, 6) is 0.927. The highest BCUT2D eigenvalue weighted by atomic mass is 32.2. The lowest BCUT2D eigenvalue weighted by Gasteiger charge is -2.05. The van der Waals surface area contributed by atoms with Gasteiger partial charge in [0.2, 0.25) is 0 Å². The van der Waals surface area contributed by atoms with E-state index >= 15 is 0 Å². The van der Waals surface area contributed by atoms with Gasteiger partial charge in [-0.2, -0.15) is 0 Å². The zero-order valence-electron chi connectivity index (χ0n) is 9.25. The summed E-state index contributed by atoms with van der Waals surface area (Å²) >= 11 is 1.43. The van der Waals surface area contributed by atoms with Crippen LogP contribution in [0.4, 0.5) is 0 Å². The highest BCUT2D eigenvalue weighted by Gasteiger charge is 2.04. The molecule has 0 heterocycles. The maximum Gasteiger partial charge on any atom is 0.133 e. The molecule has 88 valence electrons. The summed E-state index contributed by atoms with van der Waals surface area (Å²) < 4.78 is 5.07. The van der Waals surface area contributed by atoms with E-state index in [1.807, 2.05) is 24.3 Å². The van der Waals surface area contributed by atoms with Gasteiger partial charge in [-0.15, -0.1) is 0 Å². The van der Waals surface area contributed by atoms with Crippen LogP contribution >= 0.6 is 11.8 Å². The van der Waals surface area contributed by atoms with Crippen molar-refractivity contribution in [3.05, 3.63) is 42.5 Å². The summed E-state index contributed by atoms with van der Waals surface area (Å²) in [6.45, 7) is 0. The van der Waals surface area contributed by atoms with Gasteiger partial charge in [0.05, 0.1) is 12.0 Å². The lowest BCUT2D eigenvalue weighted by Crippen LogP contribution is -1.81. The summed E-state index contributed by atoms with van der Waals surface area (Å²) in [5.41, 5.74) is 0. The van der Waals surface area contributed by atoms with Crippen LogP contribution in [-0.2, 0) is 0 Å². The van der Waals surface area contributed by atoms with Gasteiger partial charge in [-0.05, 0) is 36.4 Å². The van der Waals surface area contributed by atoms with Gasteiger partial charge in [0.15, 0.2) is 0 Å². The van der Waals surface area contributed by atoms with E-state index in [0.29, 0.717) is 4.90 Å². The highest BCUT2D eigenvalue weighted by molar-refractivity contribution is 7.99. The third-order valence-electron chi connectivity index (χ3n) is 2.23. The summed E-state index contributed by atoms with van der Waals surface area (Å²) in [6, 6.07) is 12.1. The topological polar surface area (TPSA) is 49.7 Å². The zero-order valence-corrected chi connectivity index (χ0v) is 10.1. The van der Waals surface area contributed by atoms with Crippen molar-refractivity contribution in [2.24, 2.45) is 0 Å². The SMILES string of the molecule is COc1ccc(Sc2ccc(O)cc2O)cc1. The number of benzene rings is 2. The molecular weight excluding hydrogens is 236 g/mol. The molecule has 0 aromatic heterocycles. The Morgan fingerprint density at radius 1 is 1.00 bits per heavy atom. The molecule has 2 aromatic carbocycles. The maximum absolute atomic E-state index is 9.65. The molecule has 2 rings (SSSR count). The number of hydrogen-bond donors (Lipinski definition) is 2. The van der Waals surface area contributed by atoms with Crippen LogP contribution < -0.4 is 4.74 Å². The summed E-state index contributed by atoms with van der Waals surface area (Å²) in [7, 11) is 1.62. The normalized spacial score (nSPS) is 10.2. The molecule has 0 radical (unpaired) electrons. The predicted molar refractivity (Wildman–Crippen MR) is 66.9 cm³/mol. The van der Waals surface area contributed by atoms with Gasteiger partial charge in [-0.1, -0.05) is 11.8 Å². The van der Waals surface area contributed by atoms with E-state index in [2.05, 4.69) is 0 Å². The molecule has 0 atom stereocenters. The third kappa shape index (κ3) is 2.85. The Hall–Kier alpha value is -1.81. The smallest absolute Gasteiger partial charge is 0.133 e. The standard InChI is InChI=1S/C13H12O3S/c1-16-10-3-5-11(6-4-10)17-13-7-2-9(14)8-12(13)15/h2-8,14-15H,1H3. The van der Waals surface area contributed by atoms with Crippen molar-refractivity contribution in [2.75, 3.05) is 7.11 Å². The summed E-state index contributed by atoms with van der Waals surface area (Å²) in [5, 5.41) is 18.8. The van der Waals surface area contributed by atoms with Crippen LogP contribution in [0.15, 0.2) is 52.3 Å². The van der Waals surface area contributed by atoms with Gasteiger partial charge < -0.3 is 14.9 Å². The lowest BCUT2D eigenvalue weighted by atomic mass is 10.3. The number of phenols is 2. The lowest BCUT2D eigenvalue weighted by molar-refractivity contribution is 0.414. The number of rotatable bonds is 3. The van der Waals surface area contributed by atoms with Gasteiger partial charge in [-0.25, -0.2) is 0 Å². The largest absolute Gasteiger partial charge is 0.508 e. The predicted octanol–water partition coefficient (Wildman–Crippen LogP) is 3.26. The molecule has 0 spiro atoms. The van der Waals surface area contributed by atoms with Crippen LogP contribution in [-0.4, -0.2) is 17.3 Å². The second kappa shape index (κ2) is 5.01. The molecule has 0 fully saturated rings. The Morgan fingerprint density at radius 2 is 1.71 bits per heavy atom. The van der Waals surface area contributed by atoms with Gasteiger partial charge in [0.25, 0.3) is 0 Å². The molecule has 3 nitrogen and oxygen atoms in total. The Balaban J connectivity index is 2.19. The van der Waals surface area contributed by atoms with Crippen molar-refractivity contribution in [1.29, 1.82) is 0 Å². The fourth-order valence-electron chi connectivity index (χ4n) is 1.36. The summed E-state index contributed by atoms with van der Waals surface area (Å²) in [6.07, 6.45) is 0. The summed E-state index contributed by atoms with van der Waals surface area (Å²) in [4.78, 5) is 1.69. The van der Waals surface area contributed by atoms with E-state index in [4.69, 9.17) is 4.74 Å². The average Bonchev–Trinajstić information content (AvgIpc) is 2.34. The molecule has 0 saturated heterocycles. The van der Waals surface area contributed by atoms with Crippen molar-refractivity contribution in [2.45, 2.75) is 9.79 Å². The minimum Gasteiger partial charge on any atom is -0.508 e. The van der Waals surface area contributed by atoms with Crippen molar-refractivity contribution in [3.8, 4) is 17.2 Å². The van der Waals surface area contributed by atoms with Gasteiger partial charge in [0.1, 0.15) is 17.2 Å². The molecule has 4 heteroatoms. The molecule has 0 aliphatic carbocycles. The number of hydrogen-bond acceptors (Lipinski definition) is 4. The van der Waals surface area contributed by atoms with E-state index in [-0.39, 0.29) is 11.5 Å². The number of phenolic OH excluding ortho intramolecular Hbond substituents is 2. The number of ether oxygens (including phenoxy) is 1. The van der Waals surface area contributed by atoms with Crippen molar-refractivity contribution < 1.29 is 14.9 Å². The van der Waals surface area contributed by atoms with Gasteiger partial charge in [-0.3, -0.25) is 0 Å². The minimum absolute atomic E-state index is 0.0570. The van der Waals surface area contributed by atoms with Crippen LogP contribution in [0, 0.1) is 0 Å². The number of methoxy groups -OCH3 is 1. The Kier molecular flexibility index (Phi) is 3.44. The number of aromatic hydroxyl groups is 2. The van der Waals surface area contributed by atoms with E-state index in [1.54, 1.807) is 19.2 Å². The quantitative estimate of drug-likeness (QED) is 0.875. The highest BCUT2D eigenvalue weighted by Crippen LogP contribution is 2.36. The molecule has 2 N–H and O–H groups in total. The van der Waals surface area contributed by atoms with E-state index in [9.17, 15) is 10.2 Å². The second-order valence-electron chi connectivity index (χ2n) is 3.43. The monoisotopic (exact) mass is 248 g/mol. The fourth-order valence-corrected chi connectivity index (χ4v) is 2.19. The Labute approximate surface area is 104 Å². The fraction of sp³-hybridized carbons (Fsp3) is 0.0769. The van der Waals surface area contributed by atoms with Crippen molar-refractivity contribution in [3.63, 3.8) is 0 Å². The molecule has 0 aliphatic rings. The van der Waals surface area contributed by atoms with E-state index < -0.39 is 0 Å². The second-order valence-corrected chi connectivity index (χ2v) is 4.54. The molecule has 0 saturated carbocycles. The molecule has 0 bridgehead atoms. The Bertz CT molecular complexity index is 509. The first-order valence-corrected chi connectivity index (χ1v) is 5.84. The first-order chi connectivity index (χ1) is 8.19. The zero-order chi connectivity index (χ0) is 12.3. The first-order valence-electron chi connectivity index (χ1n) is 5.03. The van der Waals surface area contributed by atoms with Gasteiger partial charge >= 0.3 is 0 Å². The van der Waals surface area contributed by atoms with Gasteiger partial charge in [0, 0.05) is 11.0 Å². The van der Waals surface area contributed by atoms with Crippen LogP contribution in [0.1, 0.15) is 0 Å². The molecule has 0 amide bonds. The molecular formula is C13H12O3S. The molecule has 2 aromatic rings. The Morgan fingerprint density at radius 3 is 2.29 bits per heavy atom. The molecule has 17 heavy (non-hydrogen) atoms. The van der Waals surface area contributed by atoms with Crippen molar-refractivity contribution in [1.82, 2.24) is 0 Å². The minimum atomic E-state index is 0.0570. The van der Waals surface area contributed by atoms with Crippen LogP contribution in [0.25, 0.3) is 0 Å². The van der Waals surface area contributed by atoms with Crippen LogP contribution in [0.3, 0.4) is 0 Å². The van der Waals surface area contributed by atoms with E-state index in [1.165, 1.54) is 17.8 Å².